The predicted molar refractivity (Wildman–Crippen MR) is 112 cm³/mol. The highest BCUT2D eigenvalue weighted by atomic mass is 16.5. The first-order chi connectivity index (χ1) is 14.4. The van der Waals surface area contributed by atoms with E-state index >= 15 is 0 Å². The van der Waals surface area contributed by atoms with Crippen LogP contribution in [0.5, 0.6) is 5.88 Å². The molecule has 2 aliphatic rings. The number of rotatable bonds is 0. The number of aromatic nitrogens is 4. The average Bonchev–Trinajstić information content (AvgIpc) is 3.21. The maximum Gasteiger partial charge on any atom is 0.258 e. The second-order valence-electron chi connectivity index (χ2n) is 8.13. The number of fused-ring (bicyclic) bond motifs is 7. The molecule has 30 heavy (non-hydrogen) atoms. The topological polar surface area (TPSA) is 106 Å². The summed E-state index contributed by atoms with van der Waals surface area (Å²) in [4.78, 5) is 11.3. The van der Waals surface area contributed by atoms with Crippen LogP contribution in [0.1, 0.15) is 47.1 Å². The fraction of sp³-hybridized carbons (Fsp3) is 0.364. The number of hydrogen-bond donors (Lipinski definition) is 1. The molecule has 1 saturated heterocycles. The SMILES string of the molecule is Cc1ccc2c(c1)[C@@H](C)Oc1nc(cnc1N)-c1c(nn(C)c1C#N)CC1C2N1C. The largest absolute Gasteiger partial charge is 0.467 e. The Morgan fingerprint density at radius 3 is 2.83 bits per heavy atom. The first-order valence-corrected chi connectivity index (χ1v) is 9.97. The normalized spacial score (nSPS) is 24.2. The second-order valence-corrected chi connectivity index (χ2v) is 8.13. The van der Waals surface area contributed by atoms with Gasteiger partial charge in [0.05, 0.1) is 29.2 Å². The van der Waals surface area contributed by atoms with Gasteiger partial charge in [-0.05, 0) is 32.0 Å². The number of benzene rings is 1. The van der Waals surface area contributed by atoms with Gasteiger partial charge in [-0.3, -0.25) is 9.58 Å². The molecule has 4 atom stereocenters. The van der Waals surface area contributed by atoms with Crippen molar-refractivity contribution in [1.82, 2.24) is 24.6 Å². The van der Waals surface area contributed by atoms with Crippen LogP contribution in [0.15, 0.2) is 24.4 Å². The van der Waals surface area contributed by atoms with Gasteiger partial charge in [0.1, 0.15) is 17.9 Å². The maximum atomic E-state index is 9.74. The number of ether oxygens (including phenoxy) is 1. The Hall–Kier alpha value is -3.44. The number of hydrogen-bond acceptors (Lipinski definition) is 7. The molecular formula is C22H23N7O. The molecule has 0 amide bonds. The lowest BCUT2D eigenvalue weighted by Gasteiger charge is -2.20. The zero-order valence-electron chi connectivity index (χ0n) is 17.4. The molecule has 3 aromatic rings. The van der Waals surface area contributed by atoms with Crippen molar-refractivity contribution in [3.63, 3.8) is 0 Å². The molecule has 2 N–H and O–H groups in total. The number of nitrogen functional groups attached to an aromatic ring is 1. The summed E-state index contributed by atoms with van der Waals surface area (Å²) in [6, 6.07) is 9.31. The molecule has 1 aromatic carbocycles. The van der Waals surface area contributed by atoms with E-state index in [9.17, 15) is 5.26 Å². The van der Waals surface area contributed by atoms with E-state index in [2.05, 4.69) is 58.2 Å². The second kappa shape index (κ2) is 6.54. The summed E-state index contributed by atoms with van der Waals surface area (Å²) >= 11 is 0. The summed E-state index contributed by atoms with van der Waals surface area (Å²) < 4.78 is 7.82. The summed E-state index contributed by atoms with van der Waals surface area (Å²) in [5, 5.41) is 14.4. The third-order valence-corrected chi connectivity index (χ3v) is 6.18. The summed E-state index contributed by atoms with van der Waals surface area (Å²) in [5.41, 5.74) is 12.2. The highest BCUT2D eigenvalue weighted by Gasteiger charge is 2.47. The summed E-state index contributed by atoms with van der Waals surface area (Å²) in [7, 11) is 3.90. The molecule has 2 bridgehead atoms. The Morgan fingerprint density at radius 1 is 1.27 bits per heavy atom. The van der Waals surface area contributed by atoms with Crippen LogP contribution in [0.25, 0.3) is 11.3 Å². The molecule has 0 radical (unpaired) electrons. The van der Waals surface area contributed by atoms with E-state index in [0.717, 1.165) is 17.7 Å². The van der Waals surface area contributed by atoms with Crippen LogP contribution in [0.2, 0.25) is 0 Å². The molecular weight excluding hydrogens is 378 g/mol. The molecule has 2 aliphatic heterocycles. The Morgan fingerprint density at radius 2 is 2.07 bits per heavy atom. The number of aryl methyl sites for hydroxylation is 2. The van der Waals surface area contributed by atoms with Crippen LogP contribution in [-0.4, -0.2) is 37.7 Å². The molecule has 8 heteroatoms. The van der Waals surface area contributed by atoms with Crippen molar-refractivity contribution < 1.29 is 4.74 Å². The minimum Gasteiger partial charge on any atom is -0.467 e. The molecule has 1 fully saturated rings. The standard InChI is InChI=1S/C22H23N7O/c1-11-5-6-13-14(7-11)12(2)30-22-21(24)25-10-16(26-22)19-15(8-17-20(13)28(17)3)27-29(4)18(19)9-23/h5-7,10,12,17,20H,8H2,1-4H3,(H2,24,25)/t12-,17?,20?,28?/m1/s1. The molecule has 3 unspecified atom stereocenters. The number of nitriles is 1. The van der Waals surface area contributed by atoms with Gasteiger partial charge in [-0.15, -0.1) is 0 Å². The van der Waals surface area contributed by atoms with E-state index in [1.54, 1.807) is 17.9 Å². The van der Waals surface area contributed by atoms with E-state index in [1.807, 2.05) is 6.92 Å². The molecule has 0 aliphatic carbocycles. The Kier molecular flexibility index (Phi) is 4.05. The van der Waals surface area contributed by atoms with Crippen LogP contribution in [-0.2, 0) is 13.5 Å². The van der Waals surface area contributed by atoms with Crippen molar-refractivity contribution >= 4 is 5.82 Å². The van der Waals surface area contributed by atoms with Crippen molar-refractivity contribution in [2.24, 2.45) is 7.05 Å². The highest BCUT2D eigenvalue weighted by Crippen LogP contribution is 2.47. The van der Waals surface area contributed by atoms with Gasteiger partial charge >= 0.3 is 0 Å². The van der Waals surface area contributed by atoms with Crippen LogP contribution < -0.4 is 10.5 Å². The zero-order valence-corrected chi connectivity index (χ0v) is 17.4. The number of nitrogens with zero attached hydrogens (tertiary/aromatic N) is 6. The Bertz CT molecular complexity index is 1210. The minimum atomic E-state index is -0.246. The molecule has 152 valence electrons. The molecule has 5 rings (SSSR count). The number of nitrogens with two attached hydrogens (primary N) is 1. The van der Waals surface area contributed by atoms with Gasteiger partial charge < -0.3 is 10.5 Å². The van der Waals surface area contributed by atoms with Gasteiger partial charge in [0, 0.05) is 19.5 Å². The lowest BCUT2D eigenvalue weighted by Crippen LogP contribution is -2.12. The lowest BCUT2D eigenvalue weighted by molar-refractivity contribution is 0.217. The monoisotopic (exact) mass is 401 g/mol. The summed E-state index contributed by atoms with van der Waals surface area (Å²) in [6.07, 6.45) is 2.06. The fourth-order valence-electron chi connectivity index (χ4n) is 4.54. The molecule has 8 nitrogen and oxygen atoms in total. The van der Waals surface area contributed by atoms with Gasteiger partial charge in [0.2, 0.25) is 0 Å². The van der Waals surface area contributed by atoms with Crippen molar-refractivity contribution in [2.75, 3.05) is 12.8 Å². The Labute approximate surface area is 174 Å². The van der Waals surface area contributed by atoms with E-state index in [4.69, 9.17) is 10.5 Å². The van der Waals surface area contributed by atoms with Gasteiger partial charge in [-0.2, -0.15) is 10.4 Å². The predicted octanol–water partition coefficient (Wildman–Crippen LogP) is 2.69. The van der Waals surface area contributed by atoms with Crippen molar-refractivity contribution in [1.29, 1.82) is 5.26 Å². The first-order valence-electron chi connectivity index (χ1n) is 9.97. The fourth-order valence-corrected chi connectivity index (χ4v) is 4.54. The summed E-state index contributed by atoms with van der Waals surface area (Å²) in [5.74, 6) is 0.495. The number of likely N-dealkylation sites (N-methyl/N-ethyl adjacent to an activating group) is 1. The van der Waals surface area contributed by atoms with Crippen molar-refractivity contribution in [3.05, 3.63) is 52.5 Å². The van der Waals surface area contributed by atoms with Crippen LogP contribution in [0, 0.1) is 18.3 Å². The quantitative estimate of drug-likeness (QED) is 0.577. The molecule has 0 saturated carbocycles. The third kappa shape index (κ3) is 2.74. The number of anilines is 1. The van der Waals surface area contributed by atoms with Crippen LogP contribution >= 0.6 is 0 Å². The van der Waals surface area contributed by atoms with Crippen molar-refractivity contribution in [2.45, 2.75) is 38.5 Å². The minimum absolute atomic E-state index is 0.224. The van der Waals surface area contributed by atoms with E-state index in [0.29, 0.717) is 23.0 Å². The Balaban J connectivity index is 1.74. The average molecular weight is 401 g/mol. The van der Waals surface area contributed by atoms with E-state index in [-0.39, 0.29) is 23.8 Å². The first kappa shape index (κ1) is 18.6. The van der Waals surface area contributed by atoms with Crippen molar-refractivity contribution in [3.8, 4) is 23.2 Å². The summed E-state index contributed by atoms with van der Waals surface area (Å²) in [6.45, 7) is 4.08. The van der Waals surface area contributed by atoms with Gasteiger partial charge in [-0.1, -0.05) is 23.8 Å². The third-order valence-electron chi connectivity index (χ3n) is 6.18. The molecule has 4 heterocycles. The smallest absolute Gasteiger partial charge is 0.258 e. The molecule has 0 spiro atoms. The van der Waals surface area contributed by atoms with Gasteiger partial charge in [-0.25, -0.2) is 9.97 Å². The highest BCUT2D eigenvalue weighted by molar-refractivity contribution is 5.69. The van der Waals surface area contributed by atoms with Gasteiger partial charge in [0.25, 0.3) is 5.88 Å². The molecule has 2 aromatic heterocycles. The van der Waals surface area contributed by atoms with E-state index < -0.39 is 0 Å². The maximum absolute atomic E-state index is 9.74. The van der Waals surface area contributed by atoms with Gasteiger partial charge in [0.15, 0.2) is 5.82 Å². The van der Waals surface area contributed by atoms with Crippen LogP contribution in [0.3, 0.4) is 0 Å². The van der Waals surface area contributed by atoms with E-state index in [1.165, 1.54) is 11.1 Å². The van der Waals surface area contributed by atoms with Crippen LogP contribution in [0.4, 0.5) is 5.82 Å². The zero-order chi connectivity index (χ0) is 21.2. The lowest BCUT2D eigenvalue weighted by atomic mass is 9.95.